The average Bonchev–Trinajstić information content (AvgIpc) is 0.722. The second kappa shape index (κ2) is 16.5. The Bertz CT molecular complexity index is 92.0. The zero-order valence-corrected chi connectivity index (χ0v) is 7.99. The van der Waals surface area contributed by atoms with E-state index >= 15 is 0 Å². The minimum atomic E-state index is -5.25. The second-order valence-electron chi connectivity index (χ2n) is 0.448. The van der Waals surface area contributed by atoms with Crippen molar-refractivity contribution in [2.75, 3.05) is 0 Å². The van der Waals surface area contributed by atoms with Gasteiger partial charge in [0.15, 0.2) is 0 Å². The molecule has 0 aromatic carbocycles. The Labute approximate surface area is 80.6 Å². The van der Waals surface area contributed by atoms with Gasteiger partial charge in [0.1, 0.15) is 0 Å². The van der Waals surface area contributed by atoms with Crippen molar-refractivity contribution in [3.63, 3.8) is 0 Å². The predicted octanol–water partition coefficient (Wildman–Crippen LogP) is -1.72. The van der Waals surface area contributed by atoms with E-state index in [9.17, 15) is 0 Å². The van der Waals surface area contributed by atoms with Gasteiger partial charge in [-0.1, -0.05) is 0 Å². The van der Waals surface area contributed by atoms with Crippen LogP contribution in [0.1, 0.15) is 0 Å². The van der Waals surface area contributed by atoms with Gasteiger partial charge in [-0.25, -0.2) is 0 Å². The third-order valence-electron chi connectivity index (χ3n) is 0. The monoisotopic (exact) mass is 270 g/mol. The summed E-state index contributed by atoms with van der Waals surface area (Å²) in [5.41, 5.74) is 0. The molecule has 7 nitrogen and oxygen atoms in total. The molecule has 0 spiro atoms. The Balaban J connectivity index is -0.00000000800. The van der Waals surface area contributed by atoms with Crippen LogP contribution in [0.3, 0.4) is 0 Å². The van der Waals surface area contributed by atoms with E-state index in [2.05, 4.69) is 0 Å². The predicted molar refractivity (Wildman–Crippen MR) is 7.87 cm³/mol. The summed E-state index contributed by atoms with van der Waals surface area (Å²) < 4.78 is 31.9. The summed E-state index contributed by atoms with van der Waals surface area (Å²) in [4.78, 5) is 0. The first-order chi connectivity index (χ1) is 2.00. The zero-order valence-electron chi connectivity index (χ0n) is 4.16. The molecule has 2 N–H and O–H groups in total. The first-order valence-corrected chi connectivity index (χ1v) is 2.88. The summed E-state index contributed by atoms with van der Waals surface area (Å²) in [7, 11) is 0. The summed E-state index contributed by atoms with van der Waals surface area (Å²) in [5, 5.41) is 0. The van der Waals surface area contributed by atoms with Gasteiger partial charge in [0.05, 0.1) is 0 Å². The van der Waals surface area contributed by atoms with Crippen LogP contribution < -0.4 is 0 Å². The van der Waals surface area contributed by atoms with Crippen molar-refractivity contribution in [3.8, 4) is 0 Å². The van der Waals surface area contributed by atoms with E-state index < -0.39 is 13.6 Å². The molecule has 0 bridgehead atoms. The molecule has 0 saturated heterocycles. The summed E-state index contributed by atoms with van der Waals surface area (Å²) in [6, 6.07) is 0. The van der Waals surface area contributed by atoms with E-state index in [1.807, 2.05) is 0 Å². The molecule has 0 aliphatic carbocycles. The van der Waals surface area contributed by atoms with Gasteiger partial charge in [-0.3, -0.25) is 0 Å². The van der Waals surface area contributed by atoms with Crippen LogP contribution in [-0.2, 0) is 72.4 Å². The van der Waals surface area contributed by atoms with Gasteiger partial charge in [-0.15, -0.1) is 0 Å². The molecule has 0 aliphatic rings. The van der Waals surface area contributed by atoms with E-state index in [0.717, 1.165) is 0 Å². The molecule has 0 unspecified atom stereocenters. The molecule has 10 heavy (non-hydrogen) atoms. The van der Waals surface area contributed by atoms with Crippen LogP contribution >= 0.6 is 0 Å². The third-order valence-corrected chi connectivity index (χ3v) is 0. The molecule has 10 heteroatoms. The van der Waals surface area contributed by atoms with E-state index in [1.165, 1.54) is 0 Å². The van der Waals surface area contributed by atoms with Crippen molar-refractivity contribution in [2.24, 2.45) is 0 Å². The average molecular weight is 270 g/mol. The van der Waals surface area contributed by atoms with Gasteiger partial charge in [-0.2, -0.15) is 0 Å². The van der Waals surface area contributed by atoms with Gasteiger partial charge >= 0.3 is 64.3 Å². The van der Waals surface area contributed by atoms with Crippen LogP contribution in [0.15, 0.2) is 0 Å². The zero-order chi connectivity index (χ0) is 4.50. The van der Waals surface area contributed by atoms with Crippen molar-refractivity contribution in [1.29, 1.82) is 0 Å². The Morgan fingerprint density at radius 1 is 0.800 bits per heavy atom. The first-order valence-electron chi connectivity index (χ1n) is 0.698. The normalized spacial score (nSPS) is 5.80. The molecule has 0 saturated carbocycles. The molecule has 2 radical (unpaired) electrons. The SMILES string of the molecule is [Cr+3].[Cr+3].[O-2].[O-2].[O-2].[O]=[Cr](=[O])([OH])[OH]. The number of rotatable bonds is 0. The van der Waals surface area contributed by atoms with Crippen LogP contribution in [0.4, 0.5) is 0 Å². The Kier molecular flexibility index (Phi) is 72.7. The fourth-order valence-electron chi connectivity index (χ4n) is 0. The van der Waals surface area contributed by atoms with Gasteiger partial charge in [0.25, 0.3) is 0 Å². The molecule has 62 valence electrons. The van der Waals surface area contributed by atoms with Crippen molar-refractivity contribution < 1.29 is 80.7 Å². The minimum absolute atomic E-state index is 0. The van der Waals surface area contributed by atoms with Crippen LogP contribution in [-0.4, -0.2) is 8.32 Å². The molecule has 0 fully saturated rings. The van der Waals surface area contributed by atoms with Gasteiger partial charge in [0, 0.05) is 0 Å². The molecule has 0 rings (SSSR count). The van der Waals surface area contributed by atoms with Gasteiger partial charge < -0.3 is 16.4 Å². The quantitative estimate of drug-likeness (QED) is 0.536. The van der Waals surface area contributed by atoms with Crippen LogP contribution in [0.5, 0.6) is 0 Å². The van der Waals surface area contributed by atoms with Gasteiger partial charge in [0.2, 0.25) is 0 Å². The van der Waals surface area contributed by atoms with Crippen LogP contribution in [0, 0.1) is 0 Å². The van der Waals surface area contributed by atoms with Crippen molar-refractivity contribution in [1.82, 2.24) is 0 Å². The summed E-state index contributed by atoms with van der Waals surface area (Å²) in [5.74, 6) is 0. The van der Waals surface area contributed by atoms with Crippen LogP contribution in [0.2, 0.25) is 0 Å². The number of hydrogen-bond donors (Lipinski definition) is 2. The van der Waals surface area contributed by atoms with E-state index in [0.29, 0.717) is 0 Å². The topological polar surface area (TPSA) is 160 Å². The molecular formula is H2Cr3O7. The molecule has 0 aliphatic heterocycles. The van der Waals surface area contributed by atoms with Crippen molar-refractivity contribution >= 4 is 0 Å². The molecule has 0 aromatic rings. The molecule has 0 amide bonds. The molecule has 0 heterocycles. The standard InChI is InChI=1S/3Cr.2H2O.5O/h;;;2*1H2;;;;;/q+2;2*+3;;;;;3*-2/p-2. The summed E-state index contributed by atoms with van der Waals surface area (Å²) in [6.07, 6.45) is 0. The maximum atomic E-state index is 8.82. The maximum absolute atomic E-state index is 8.82. The van der Waals surface area contributed by atoms with E-state index in [1.54, 1.807) is 0 Å². The van der Waals surface area contributed by atoms with Crippen molar-refractivity contribution in [3.05, 3.63) is 0 Å². The first kappa shape index (κ1) is 44.0. The fourth-order valence-corrected chi connectivity index (χ4v) is 0. The Morgan fingerprint density at radius 3 is 0.800 bits per heavy atom. The summed E-state index contributed by atoms with van der Waals surface area (Å²) >= 11 is -5.25. The van der Waals surface area contributed by atoms with Crippen LogP contribution in [0.25, 0.3) is 0 Å². The molecule has 0 atom stereocenters. The third kappa shape index (κ3) is 578. The van der Waals surface area contributed by atoms with Gasteiger partial charge in [-0.05, 0) is 0 Å². The molecular weight excluding hydrogens is 268 g/mol. The number of hydrogen-bond acceptors (Lipinski definition) is 2. The van der Waals surface area contributed by atoms with Crippen molar-refractivity contribution in [2.45, 2.75) is 0 Å². The Hall–Kier alpha value is 0.997. The van der Waals surface area contributed by atoms with E-state index in [4.69, 9.17) is 15.9 Å². The Morgan fingerprint density at radius 2 is 0.800 bits per heavy atom. The molecule has 0 aromatic heterocycles. The van der Waals surface area contributed by atoms with E-state index in [-0.39, 0.29) is 51.2 Å². The summed E-state index contributed by atoms with van der Waals surface area (Å²) in [6.45, 7) is 0. The fraction of sp³-hybridized carbons (Fsp3) is 0. The second-order valence-corrected chi connectivity index (χ2v) is 1.85.